The van der Waals surface area contributed by atoms with Gasteiger partial charge in [0.15, 0.2) is 5.69 Å². The zero-order valence-corrected chi connectivity index (χ0v) is 16.7. The number of nitrogens with zero attached hydrogens (tertiary/aromatic N) is 3. The summed E-state index contributed by atoms with van der Waals surface area (Å²) in [6.07, 6.45) is 2.48. The van der Waals surface area contributed by atoms with Crippen molar-refractivity contribution in [1.82, 2.24) is 15.0 Å². The van der Waals surface area contributed by atoms with E-state index in [0.29, 0.717) is 17.9 Å². The van der Waals surface area contributed by atoms with E-state index in [-0.39, 0.29) is 11.6 Å². The summed E-state index contributed by atoms with van der Waals surface area (Å²) in [5, 5.41) is 11.0. The van der Waals surface area contributed by atoms with Crippen LogP contribution in [0, 0.1) is 6.92 Å². The number of benzene rings is 3. The highest BCUT2D eigenvalue weighted by Crippen LogP contribution is 2.27. The fraction of sp³-hybridized carbons (Fsp3) is 0.125. The quantitative estimate of drug-likeness (QED) is 0.474. The van der Waals surface area contributed by atoms with E-state index in [9.17, 15) is 4.79 Å². The highest BCUT2D eigenvalue weighted by Gasteiger charge is 2.13. The Morgan fingerprint density at radius 3 is 2.57 bits per heavy atom. The van der Waals surface area contributed by atoms with Crippen molar-refractivity contribution in [3.63, 3.8) is 0 Å². The molecule has 6 nitrogen and oxygen atoms in total. The largest absolute Gasteiger partial charge is 0.397 e. The fourth-order valence-corrected chi connectivity index (χ4v) is 3.30. The molecule has 1 aromatic heterocycles. The molecule has 4 rings (SSSR count). The van der Waals surface area contributed by atoms with Gasteiger partial charge in [-0.1, -0.05) is 65.9 Å². The third-order valence-electron chi connectivity index (χ3n) is 5.05. The van der Waals surface area contributed by atoms with Gasteiger partial charge in [-0.3, -0.25) is 9.48 Å². The van der Waals surface area contributed by atoms with Crippen molar-refractivity contribution < 1.29 is 4.79 Å². The highest BCUT2D eigenvalue weighted by molar-refractivity contribution is 6.04. The number of aryl methyl sites for hydroxylation is 3. The maximum Gasteiger partial charge on any atom is 0.277 e. The zero-order chi connectivity index (χ0) is 20.9. The first-order valence-corrected chi connectivity index (χ1v) is 9.81. The van der Waals surface area contributed by atoms with Gasteiger partial charge < -0.3 is 11.1 Å². The average molecular weight is 397 g/mol. The van der Waals surface area contributed by atoms with E-state index >= 15 is 0 Å². The lowest BCUT2D eigenvalue weighted by molar-refractivity contribution is 0.102. The predicted molar refractivity (Wildman–Crippen MR) is 119 cm³/mol. The van der Waals surface area contributed by atoms with Gasteiger partial charge in [0.1, 0.15) is 0 Å². The molecule has 4 aromatic rings. The molecule has 0 saturated heterocycles. The number of hydrogen-bond acceptors (Lipinski definition) is 4. The van der Waals surface area contributed by atoms with E-state index in [1.165, 1.54) is 11.1 Å². The molecule has 0 saturated carbocycles. The van der Waals surface area contributed by atoms with Crippen molar-refractivity contribution in [3.05, 3.63) is 95.8 Å². The van der Waals surface area contributed by atoms with Crippen molar-refractivity contribution in [3.8, 4) is 11.1 Å². The van der Waals surface area contributed by atoms with E-state index < -0.39 is 0 Å². The summed E-state index contributed by atoms with van der Waals surface area (Å²) in [5.41, 5.74) is 11.9. The number of anilines is 2. The number of amides is 1. The molecule has 30 heavy (non-hydrogen) atoms. The monoisotopic (exact) mass is 397 g/mol. The summed E-state index contributed by atoms with van der Waals surface area (Å²) in [5.74, 6) is -0.339. The number of aromatic nitrogens is 3. The van der Waals surface area contributed by atoms with Gasteiger partial charge in [0.05, 0.1) is 17.6 Å². The van der Waals surface area contributed by atoms with Crippen LogP contribution in [0.5, 0.6) is 0 Å². The van der Waals surface area contributed by atoms with Crippen LogP contribution in [-0.2, 0) is 13.0 Å². The molecular weight excluding hydrogens is 374 g/mol. The Morgan fingerprint density at radius 1 is 1.00 bits per heavy atom. The van der Waals surface area contributed by atoms with Crippen LogP contribution in [0.4, 0.5) is 11.4 Å². The maximum atomic E-state index is 12.7. The van der Waals surface area contributed by atoms with Crippen LogP contribution < -0.4 is 11.1 Å². The van der Waals surface area contributed by atoms with E-state index in [1.807, 2.05) is 54.6 Å². The van der Waals surface area contributed by atoms with Gasteiger partial charge in [-0.25, -0.2) is 0 Å². The van der Waals surface area contributed by atoms with Crippen LogP contribution in [0.2, 0.25) is 0 Å². The molecule has 150 valence electrons. The highest BCUT2D eigenvalue weighted by atomic mass is 16.2. The Kier molecular flexibility index (Phi) is 5.57. The Balaban J connectivity index is 1.45. The maximum absolute atomic E-state index is 12.7. The van der Waals surface area contributed by atoms with Crippen LogP contribution in [0.25, 0.3) is 11.1 Å². The molecule has 6 heteroatoms. The molecule has 0 spiro atoms. The van der Waals surface area contributed by atoms with E-state index in [4.69, 9.17) is 5.73 Å². The average Bonchev–Trinajstić information content (AvgIpc) is 3.24. The normalized spacial score (nSPS) is 10.7. The van der Waals surface area contributed by atoms with Crippen LogP contribution in [0.1, 0.15) is 21.6 Å². The number of rotatable bonds is 6. The predicted octanol–water partition coefficient (Wildman–Crippen LogP) is 4.33. The first kappa shape index (κ1) is 19.4. The summed E-state index contributed by atoms with van der Waals surface area (Å²) in [4.78, 5) is 12.7. The van der Waals surface area contributed by atoms with E-state index in [1.54, 1.807) is 16.9 Å². The van der Waals surface area contributed by atoms with Crippen LogP contribution in [-0.4, -0.2) is 20.9 Å². The summed E-state index contributed by atoms with van der Waals surface area (Å²) in [7, 11) is 0. The minimum Gasteiger partial charge on any atom is -0.397 e. The lowest BCUT2D eigenvalue weighted by Crippen LogP contribution is -2.14. The van der Waals surface area contributed by atoms with Crippen LogP contribution in [0.3, 0.4) is 0 Å². The number of nitrogens with one attached hydrogen (secondary N) is 1. The molecule has 3 aromatic carbocycles. The molecule has 1 heterocycles. The molecule has 0 atom stereocenters. The first-order valence-electron chi connectivity index (χ1n) is 9.81. The SMILES string of the molecule is Cc1ccccc1CCn1cc(C(=O)Nc2cc(-c3ccccc3)ccc2N)nn1. The second kappa shape index (κ2) is 8.61. The summed E-state index contributed by atoms with van der Waals surface area (Å²) in [6, 6.07) is 23.8. The van der Waals surface area contributed by atoms with Gasteiger partial charge in [-0.15, -0.1) is 5.10 Å². The molecule has 3 N–H and O–H groups in total. The molecule has 0 fully saturated rings. The zero-order valence-electron chi connectivity index (χ0n) is 16.7. The van der Waals surface area contributed by atoms with Crippen molar-refractivity contribution in [2.24, 2.45) is 0 Å². The van der Waals surface area contributed by atoms with Gasteiger partial charge in [-0.2, -0.15) is 0 Å². The number of carbonyl (C=O) groups is 1. The van der Waals surface area contributed by atoms with Crippen LogP contribution >= 0.6 is 0 Å². The Hall–Kier alpha value is -3.93. The van der Waals surface area contributed by atoms with Gasteiger partial charge in [-0.05, 0) is 47.7 Å². The third kappa shape index (κ3) is 4.38. The lowest BCUT2D eigenvalue weighted by atomic mass is 10.0. The second-order valence-corrected chi connectivity index (χ2v) is 7.17. The number of nitrogens with two attached hydrogens (primary N) is 1. The summed E-state index contributed by atoms with van der Waals surface area (Å²) < 4.78 is 1.69. The van der Waals surface area contributed by atoms with Gasteiger partial charge in [0.25, 0.3) is 5.91 Å². The van der Waals surface area contributed by atoms with Crippen molar-refractivity contribution >= 4 is 17.3 Å². The van der Waals surface area contributed by atoms with Crippen molar-refractivity contribution in [2.45, 2.75) is 19.9 Å². The van der Waals surface area contributed by atoms with Gasteiger partial charge >= 0.3 is 0 Å². The van der Waals surface area contributed by atoms with Gasteiger partial charge in [0.2, 0.25) is 0 Å². The molecule has 0 radical (unpaired) electrons. The first-order chi connectivity index (χ1) is 14.6. The molecule has 0 aliphatic heterocycles. The molecule has 0 aliphatic carbocycles. The van der Waals surface area contributed by atoms with Crippen molar-refractivity contribution in [1.29, 1.82) is 0 Å². The molecule has 0 aliphatic rings. The number of hydrogen-bond donors (Lipinski definition) is 2. The Bertz CT molecular complexity index is 1170. The Morgan fingerprint density at radius 2 is 1.77 bits per heavy atom. The fourth-order valence-electron chi connectivity index (χ4n) is 3.30. The minimum atomic E-state index is -0.339. The third-order valence-corrected chi connectivity index (χ3v) is 5.05. The number of nitrogen functional groups attached to an aromatic ring is 1. The summed E-state index contributed by atoms with van der Waals surface area (Å²) in [6.45, 7) is 2.74. The minimum absolute atomic E-state index is 0.254. The number of carbonyl (C=O) groups excluding carboxylic acids is 1. The molecule has 1 amide bonds. The molecule has 0 unspecified atom stereocenters. The van der Waals surface area contributed by atoms with Gasteiger partial charge in [0, 0.05) is 6.54 Å². The molecule has 0 bridgehead atoms. The van der Waals surface area contributed by atoms with Crippen molar-refractivity contribution in [2.75, 3.05) is 11.1 Å². The van der Waals surface area contributed by atoms with E-state index in [2.05, 4.69) is 34.7 Å². The summed E-state index contributed by atoms with van der Waals surface area (Å²) >= 11 is 0. The smallest absolute Gasteiger partial charge is 0.277 e. The molecular formula is C24H23N5O. The van der Waals surface area contributed by atoms with E-state index in [0.717, 1.165) is 17.5 Å². The van der Waals surface area contributed by atoms with Crippen LogP contribution in [0.15, 0.2) is 79.0 Å². The second-order valence-electron chi connectivity index (χ2n) is 7.17. The standard InChI is InChI=1S/C24H23N5O/c1-17-7-5-6-8-18(17)13-14-29-16-23(27-28-29)24(30)26-22-15-20(11-12-21(22)25)19-9-3-2-4-10-19/h2-12,15-16H,13-14,25H2,1H3,(H,26,30). The topological polar surface area (TPSA) is 85.8 Å². The lowest BCUT2D eigenvalue weighted by Gasteiger charge is -2.10. The Labute approximate surface area is 175 Å².